The van der Waals surface area contributed by atoms with Gasteiger partial charge in [0.25, 0.3) is 5.91 Å². The Hall–Kier alpha value is -2.09. The molecule has 0 aromatic heterocycles. The Bertz CT molecular complexity index is 611. The highest BCUT2D eigenvalue weighted by atomic mass is 32.2. The number of ether oxygens (including phenoxy) is 1. The number of amides is 3. The number of rotatable bonds is 4. The van der Waals surface area contributed by atoms with Gasteiger partial charge < -0.3 is 10.1 Å². The summed E-state index contributed by atoms with van der Waals surface area (Å²) in [4.78, 5) is 35.5. The van der Waals surface area contributed by atoms with E-state index in [0.717, 1.165) is 6.07 Å². The summed E-state index contributed by atoms with van der Waals surface area (Å²) in [6, 6.07) is 5.31. The zero-order valence-electron chi connectivity index (χ0n) is 12.5. The Balaban J connectivity index is 1.97. The number of nitrogens with one attached hydrogen (secondary N) is 2. The predicted octanol–water partition coefficient (Wildman–Crippen LogP) is 1.91. The van der Waals surface area contributed by atoms with Crippen LogP contribution in [-0.4, -0.2) is 35.6 Å². The van der Waals surface area contributed by atoms with Crippen LogP contribution in [0.5, 0.6) is 0 Å². The summed E-state index contributed by atoms with van der Waals surface area (Å²) >= 11 is 1.41. The molecule has 0 spiro atoms. The Morgan fingerprint density at radius 1 is 1.39 bits per heavy atom. The summed E-state index contributed by atoms with van der Waals surface area (Å²) in [6.07, 6.45) is -0.270. The zero-order valence-corrected chi connectivity index (χ0v) is 13.3. The van der Waals surface area contributed by atoms with Gasteiger partial charge in [-0.3, -0.25) is 14.9 Å². The van der Waals surface area contributed by atoms with Crippen LogP contribution in [0.25, 0.3) is 0 Å². The van der Waals surface area contributed by atoms with Crippen molar-refractivity contribution in [2.45, 2.75) is 18.7 Å². The van der Waals surface area contributed by atoms with Crippen LogP contribution in [0, 0.1) is 11.7 Å². The van der Waals surface area contributed by atoms with Crippen molar-refractivity contribution in [3.05, 3.63) is 35.6 Å². The van der Waals surface area contributed by atoms with Crippen LogP contribution in [-0.2, 0) is 9.53 Å². The summed E-state index contributed by atoms with van der Waals surface area (Å²) in [5.74, 6) is -1.32. The molecule has 2 atom stereocenters. The smallest absolute Gasteiger partial charge is 0.413 e. The van der Waals surface area contributed by atoms with Crippen molar-refractivity contribution >= 4 is 29.7 Å². The molecule has 0 bridgehead atoms. The van der Waals surface area contributed by atoms with Gasteiger partial charge in [-0.2, -0.15) is 0 Å². The number of benzene rings is 1. The molecule has 1 heterocycles. The molecule has 3 amide bonds. The Kier molecular flexibility index (Phi) is 5.97. The van der Waals surface area contributed by atoms with E-state index in [2.05, 4.69) is 15.4 Å². The lowest BCUT2D eigenvalue weighted by atomic mass is 10.1. The topological polar surface area (TPSA) is 84.5 Å². The third-order valence-corrected chi connectivity index (χ3v) is 4.57. The third-order valence-electron chi connectivity index (χ3n) is 3.29. The summed E-state index contributed by atoms with van der Waals surface area (Å²) in [5.41, 5.74) is 0.182. The highest BCUT2D eigenvalue weighted by Crippen LogP contribution is 2.31. The van der Waals surface area contributed by atoms with Gasteiger partial charge in [0.15, 0.2) is 0 Å². The molecule has 2 rings (SSSR count). The van der Waals surface area contributed by atoms with Crippen LogP contribution in [0.1, 0.15) is 23.7 Å². The Morgan fingerprint density at radius 2 is 2.17 bits per heavy atom. The van der Waals surface area contributed by atoms with Gasteiger partial charge in [0.1, 0.15) is 5.82 Å². The summed E-state index contributed by atoms with van der Waals surface area (Å²) in [5, 5.41) is 4.38. The highest BCUT2D eigenvalue weighted by Gasteiger charge is 2.35. The van der Waals surface area contributed by atoms with Gasteiger partial charge in [-0.25, -0.2) is 9.18 Å². The van der Waals surface area contributed by atoms with Crippen molar-refractivity contribution in [2.75, 3.05) is 12.4 Å². The molecule has 6 nitrogen and oxygen atoms in total. The number of thioether (sulfide) groups is 1. The molecule has 0 aliphatic carbocycles. The van der Waals surface area contributed by atoms with E-state index in [1.54, 1.807) is 6.92 Å². The van der Waals surface area contributed by atoms with Crippen LogP contribution in [0.3, 0.4) is 0 Å². The van der Waals surface area contributed by atoms with E-state index in [1.165, 1.54) is 30.0 Å². The van der Waals surface area contributed by atoms with Gasteiger partial charge in [0.2, 0.25) is 5.91 Å². The van der Waals surface area contributed by atoms with E-state index >= 15 is 0 Å². The number of carbonyl (C=O) groups excluding carboxylic acids is 3. The minimum atomic E-state index is -0.801. The monoisotopic (exact) mass is 340 g/mol. The van der Waals surface area contributed by atoms with Crippen LogP contribution >= 0.6 is 11.8 Å². The molecule has 0 saturated carbocycles. The van der Waals surface area contributed by atoms with Crippen LogP contribution in [0.2, 0.25) is 0 Å². The van der Waals surface area contributed by atoms with E-state index in [0.29, 0.717) is 12.2 Å². The molecular formula is C15H17FN2O4S. The molecule has 8 heteroatoms. The Labute approximate surface area is 137 Å². The minimum absolute atomic E-state index is 0.165. The minimum Gasteiger partial charge on any atom is -0.450 e. The fraction of sp³-hybridized carbons (Fsp3) is 0.400. The molecule has 1 fully saturated rings. The molecule has 0 radical (unpaired) electrons. The highest BCUT2D eigenvalue weighted by molar-refractivity contribution is 8.00. The molecule has 124 valence electrons. The first-order chi connectivity index (χ1) is 11.0. The summed E-state index contributed by atoms with van der Waals surface area (Å²) in [7, 11) is 0. The van der Waals surface area contributed by atoms with Crippen molar-refractivity contribution < 1.29 is 23.5 Å². The molecular weight excluding hydrogens is 323 g/mol. The second-order valence-electron chi connectivity index (χ2n) is 4.88. The van der Waals surface area contributed by atoms with E-state index in [4.69, 9.17) is 0 Å². The third kappa shape index (κ3) is 4.69. The molecule has 1 aromatic rings. The van der Waals surface area contributed by atoms with Crippen molar-refractivity contribution in [1.82, 2.24) is 10.6 Å². The van der Waals surface area contributed by atoms with Gasteiger partial charge in [-0.1, -0.05) is 6.07 Å². The zero-order chi connectivity index (χ0) is 16.8. The molecule has 1 aliphatic rings. The van der Waals surface area contributed by atoms with Gasteiger partial charge in [-0.15, -0.1) is 11.8 Å². The van der Waals surface area contributed by atoms with Crippen molar-refractivity contribution in [3.8, 4) is 0 Å². The van der Waals surface area contributed by atoms with E-state index < -0.39 is 35.0 Å². The number of carbonyl (C=O) groups is 3. The van der Waals surface area contributed by atoms with Crippen molar-refractivity contribution in [3.63, 3.8) is 0 Å². The fourth-order valence-electron chi connectivity index (χ4n) is 2.20. The molecule has 1 aliphatic heterocycles. The first-order valence-electron chi connectivity index (χ1n) is 7.17. The largest absolute Gasteiger partial charge is 0.450 e. The summed E-state index contributed by atoms with van der Waals surface area (Å²) in [6.45, 7) is 1.80. The first kappa shape index (κ1) is 17.3. The quantitative estimate of drug-likeness (QED) is 0.875. The molecule has 2 N–H and O–H groups in total. The Morgan fingerprint density at radius 3 is 2.87 bits per heavy atom. The number of imide groups is 1. The lowest BCUT2D eigenvalue weighted by Crippen LogP contribution is -2.44. The SMILES string of the molecule is CCOC(=O)NC(=O)C1CCSC1NC(=O)c1cccc(F)c1. The van der Waals surface area contributed by atoms with Crippen LogP contribution in [0.15, 0.2) is 24.3 Å². The fourth-order valence-corrected chi connectivity index (χ4v) is 3.53. The molecule has 2 unspecified atom stereocenters. The van der Waals surface area contributed by atoms with E-state index in [9.17, 15) is 18.8 Å². The van der Waals surface area contributed by atoms with Gasteiger partial charge in [0.05, 0.1) is 17.9 Å². The summed E-state index contributed by atoms with van der Waals surface area (Å²) < 4.78 is 17.8. The average molecular weight is 340 g/mol. The maximum atomic E-state index is 13.2. The van der Waals surface area contributed by atoms with Crippen LogP contribution < -0.4 is 10.6 Å². The number of alkyl carbamates (subject to hydrolysis) is 1. The van der Waals surface area contributed by atoms with Gasteiger partial charge in [0, 0.05) is 5.56 Å². The standard InChI is InChI=1S/C15H17FN2O4S/c1-2-22-15(21)18-13(20)11-6-7-23-14(11)17-12(19)9-4-3-5-10(16)8-9/h3-5,8,11,14H,2,6-7H2,1H3,(H,17,19)(H,18,20,21). The molecule has 1 saturated heterocycles. The number of hydrogen-bond acceptors (Lipinski definition) is 5. The molecule has 23 heavy (non-hydrogen) atoms. The lowest BCUT2D eigenvalue weighted by molar-refractivity contribution is -0.124. The second kappa shape index (κ2) is 7.96. The van der Waals surface area contributed by atoms with Gasteiger partial charge in [-0.05, 0) is 37.3 Å². The second-order valence-corrected chi connectivity index (χ2v) is 6.13. The van der Waals surface area contributed by atoms with Crippen LogP contribution in [0.4, 0.5) is 9.18 Å². The normalized spacial score (nSPS) is 19.9. The average Bonchev–Trinajstić information content (AvgIpc) is 2.95. The lowest BCUT2D eigenvalue weighted by Gasteiger charge is -2.19. The first-order valence-corrected chi connectivity index (χ1v) is 8.21. The number of halogens is 1. The maximum absolute atomic E-state index is 13.2. The predicted molar refractivity (Wildman–Crippen MR) is 83.4 cm³/mol. The molecule has 1 aromatic carbocycles. The van der Waals surface area contributed by atoms with Gasteiger partial charge >= 0.3 is 6.09 Å². The van der Waals surface area contributed by atoms with E-state index in [-0.39, 0.29) is 12.2 Å². The van der Waals surface area contributed by atoms with Crippen molar-refractivity contribution in [2.24, 2.45) is 5.92 Å². The van der Waals surface area contributed by atoms with Crippen molar-refractivity contribution in [1.29, 1.82) is 0 Å². The maximum Gasteiger partial charge on any atom is 0.413 e. The number of hydrogen-bond donors (Lipinski definition) is 2. The van der Waals surface area contributed by atoms with E-state index in [1.807, 2.05) is 0 Å².